The molecular formula is C6H8BrNOS. The zero-order valence-electron chi connectivity index (χ0n) is 12.6. The fraction of sp³-hybridized carbons (Fsp3) is 0.500. The minimum atomic E-state index is -2.92. The van der Waals surface area contributed by atoms with E-state index in [1.165, 1.54) is 0 Å². The Labute approximate surface area is 83.6 Å². The van der Waals surface area contributed by atoms with Crippen molar-refractivity contribution in [1.82, 2.24) is 4.98 Å². The molecule has 0 unspecified atom stereocenters. The maximum Gasteiger partial charge on any atom is 0.274 e. The summed E-state index contributed by atoms with van der Waals surface area (Å²) in [6.45, 7) is -2.92. The number of hydrogen-bond donors (Lipinski definition) is 0. The van der Waals surface area contributed by atoms with Crippen LogP contribution in [-0.2, 0) is 6.37 Å². The van der Waals surface area contributed by atoms with E-state index in [2.05, 4.69) is 25.7 Å². The van der Waals surface area contributed by atoms with Crippen LogP contribution in [0.5, 0.6) is 5.19 Å². The van der Waals surface area contributed by atoms with Gasteiger partial charge in [0.25, 0.3) is 5.19 Å². The summed E-state index contributed by atoms with van der Waals surface area (Å²) in [5.41, 5.74) is -0.397. The SMILES string of the molecule is [2H]C([2H])([2H])Oc1nc(C([2H])([2H])C([2H])([2H])[2H])c(Br)s1. The highest BCUT2D eigenvalue weighted by atomic mass is 79.9. The molecular weight excluding hydrogens is 214 g/mol. The van der Waals surface area contributed by atoms with Crippen LogP contribution >= 0.6 is 27.3 Å². The zero-order valence-corrected chi connectivity index (χ0v) is 7.04. The molecule has 1 aromatic heterocycles. The van der Waals surface area contributed by atoms with Crippen molar-refractivity contribution in [3.63, 3.8) is 0 Å². The van der Waals surface area contributed by atoms with Crippen molar-refractivity contribution in [3.05, 3.63) is 9.48 Å². The molecule has 0 aromatic carbocycles. The number of aromatic nitrogens is 1. The van der Waals surface area contributed by atoms with Gasteiger partial charge in [0.1, 0.15) is 0 Å². The van der Waals surface area contributed by atoms with Gasteiger partial charge in [0, 0.05) is 6.85 Å². The van der Waals surface area contributed by atoms with Crippen molar-refractivity contribution in [2.24, 2.45) is 0 Å². The van der Waals surface area contributed by atoms with Crippen LogP contribution in [0.1, 0.15) is 23.5 Å². The van der Waals surface area contributed by atoms with Crippen LogP contribution < -0.4 is 4.74 Å². The molecule has 10 heavy (non-hydrogen) atoms. The molecule has 0 aliphatic carbocycles. The number of halogens is 1. The number of aryl methyl sites for hydroxylation is 1. The molecule has 0 N–H and O–H groups in total. The number of ether oxygens (including phenoxy) is 1. The van der Waals surface area contributed by atoms with E-state index in [9.17, 15) is 0 Å². The van der Waals surface area contributed by atoms with Crippen molar-refractivity contribution in [1.29, 1.82) is 0 Å². The van der Waals surface area contributed by atoms with Crippen molar-refractivity contribution in [3.8, 4) is 5.19 Å². The Morgan fingerprint density at radius 2 is 2.90 bits per heavy atom. The first-order valence-electron chi connectivity index (χ1n) is 6.20. The maximum absolute atomic E-state index is 7.53. The Morgan fingerprint density at radius 1 is 2.00 bits per heavy atom. The van der Waals surface area contributed by atoms with E-state index in [-0.39, 0.29) is 8.98 Å². The summed E-state index contributed by atoms with van der Waals surface area (Å²) in [5, 5.41) is -0.315. The van der Waals surface area contributed by atoms with Crippen molar-refractivity contribution in [2.45, 2.75) is 13.2 Å². The van der Waals surface area contributed by atoms with E-state index >= 15 is 0 Å². The molecule has 1 rings (SSSR count). The minimum absolute atomic E-state index is 0.0860. The fourth-order valence-electron chi connectivity index (χ4n) is 0.404. The monoisotopic (exact) mass is 229 g/mol. The highest BCUT2D eigenvalue weighted by molar-refractivity contribution is 9.11. The highest BCUT2D eigenvalue weighted by Gasteiger charge is 2.05. The van der Waals surface area contributed by atoms with Crippen LogP contribution in [0.4, 0.5) is 0 Å². The van der Waals surface area contributed by atoms with Crippen LogP contribution in [0.2, 0.25) is 0 Å². The molecule has 2 nitrogen and oxygen atoms in total. The molecule has 0 radical (unpaired) electrons. The lowest BCUT2D eigenvalue weighted by Gasteiger charge is -1.87. The predicted molar refractivity (Wildman–Crippen MR) is 45.7 cm³/mol. The Morgan fingerprint density at radius 3 is 3.60 bits per heavy atom. The quantitative estimate of drug-likeness (QED) is 0.778. The Kier molecular flexibility index (Phi) is 0.820. The average Bonchev–Trinajstić information content (AvgIpc) is 2.41. The minimum Gasteiger partial charge on any atom is -0.473 e. The molecule has 0 saturated heterocycles. The van der Waals surface area contributed by atoms with Crippen molar-refractivity contribution < 1.29 is 15.7 Å². The van der Waals surface area contributed by atoms with Crippen LogP contribution in [0.25, 0.3) is 0 Å². The van der Waals surface area contributed by atoms with Gasteiger partial charge < -0.3 is 4.74 Å². The summed E-state index contributed by atoms with van der Waals surface area (Å²) >= 11 is 3.67. The Balaban J connectivity index is 3.13. The van der Waals surface area contributed by atoms with Crippen LogP contribution in [0, 0.1) is 0 Å². The Hall–Kier alpha value is -0.0900. The standard InChI is InChI=1S/C6H8BrNOS/c1-3-4-5(7)10-6(8-4)9-2/h3H2,1-2H3/i1D3,2D3,3D2. The van der Waals surface area contributed by atoms with E-state index in [1.807, 2.05) is 0 Å². The summed E-state index contributed by atoms with van der Waals surface area (Å²) in [5.74, 6) is 0. The third kappa shape index (κ3) is 1.49. The molecule has 0 amide bonds. The average molecular weight is 230 g/mol. The van der Waals surface area contributed by atoms with Crippen LogP contribution in [0.15, 0.2) is 3.79 Å². The van der Waals surface area contributed by atoms with E-state index in [0.29, 0.717) is 0 Å². The predicted octanol–water partition coefficient (Wildman–Crippen LogP) is 2.48. The van der Waals surface area contributed by atoms with Crippen molar-refractivity contribution >= 4 is 27.3 Å². The second-order valence-electron chi connectivity index (χ2n) is 1.33. The number of nitrogens with zero attached hydrogens (tertiary/aromatic N) is 1. The molecule has 0 fully saturated rings. The number of methoxy groups -OCH3 is 1. The first kappa shape index (κ1) is 2.45. The van der Waals surface area contributed by atoms with Crippen molar-refractivity contribution in [2.75, 3.05) is 7.04 Å². The number of thiazole rings is 1. The summed E-state index contributed by atoms with van der Waals surface area (Å²) < 4.78 is 61.6. The van der Waals surface area contributed by atoms with Gasteiger partial charge in [0.2, 0.25) is 0 Å². The van der Waals surface area contributed by atoms with Gasteiger partial charge in [-0.1, -0.05) is 18.2 Å². The molecule has 0 saturated carbocycles. The lowest BCUT2D eigenvalue weighted by molar-refractivity contribution is 0.411. The topological polar surface area (TPSA) is 22.1 Å². The van der Waals surface area contributed by atoms with Gasteiger partial charge in [0.05, 0.1) is 20.6 Å². The molecule has 4 heteroatoms. The van der Waals surface area contributed by atoms with Gasteiger partial charge in [-0.3, -0.25) is 0 Å². The van der Waals surface area contributed by atoms with Gasteiger partial charge in [-0.05, 0) is 22.3 Å². The molecule has 0 aliphatic heterocycles. The van der Waals surface area contributed by atoms with E-state index in [1.54, 1.807) is 0 Å². The molecule has 0 spiro atoms. The second kappa shape index (κ2) is 3.34. The molecule has 56 valence electrons. The third-order valence-electron chi connectivity index (χ3n) is 0.772. The highest BCUT2D eigenvalue weighted by Crippen LogP contribution is 2.29. The molecule has 0 atom stereocenters. The summed E-state index contributed by atoms with van der Waals surface area (Å²) in [6, 6.07) is 0. The zero-order chi connectivity index (χ0) is 14.4. The third-order valence-corrected chi connectivity index (χ3v) is 2.35. The normalized spacial score (nSPS) is 25.7. The van der Waals surface area contributed by atoms with Gasteiger partial charge in [-0.15, -0.1) is 0 Å². The van der Waals surface area contributed by atoms with Crippen LogP contribution in [-0.4, -0.2) is 12.0 Å². The summed E-state index contributed by atoms with van der Waals surface area (Å²) in [4.78, 5) is 3.59. The van der Waals surface area contributed by atoms with E-state index in [4.69, 9.17) is 11.0 Å². The first-order valence-corrected chi connectivity index (χ1v) is 3.81. The molecule has 0 bridgehead atoms. The fourth-order valence-corrected chi connectivity index (χ4v) is 1.53. The smallest absolute Gasteiger partial charge is 0.274 e. The maximum atomic E-state index is 7.53. The van der Waals surface area contributed by atoms with E-state index < -0.39 is 26.0 Å². The largest absolute Gasteiger partial charge is 0.473 e. The van der Waals surface area contributed by atoms with Crippen LogP contribution in [0.3, 0.4) is 0 Å². The number of rotatable bonds is 2. The molecule has 1 aromatic rings. The summed E-state index contributed by atoms with van der Waals surface area (Å²) in [6.07, 6.45) is -2.70. The first-order chi connectivity index (χ1) is 7.84. The lowest BCUT2D eigenvalue weighted by atomic mass is 10.4. The second-order valence-corrected chi connectivity index (χ2v) is 3.61. The summed E-state index contributed by atoms with van der Waals surface area (Å²) in [7, 11) is -2.72. The number of hydrogen-bond acceptors (Lipinski definition) is 3. The van der Waals surface area contributed by atoms with Gasteiger partial charge in [-0.25, -0.2) is 4.98 Å². The van der Waals surface area contributed by atoms with Gasteiger partial charge in [0.15, 0.2) is 0 Å². The van der Waals surface area contributed by atoms with Gasteiger partial charge in [-0.2, -0.15) is 0 Å². The van der Waals surface area contributed by atoms with E-state index in [0.717, 1.165) is 11.3 Å². The lowest BCUT2D eigenvalue weighted by Crippen LogP contribution is -1.82. The molecule has 0 aliphatic rings. The van der Waals surface area contributed by atoms with Gasteiger partial charge >= 0.3 is 0 Å². The molecule has 1 heterocycles. The Bertz CT molecular complexity index is 438.